The molecule has 1 saturated heterocycles. The van der Waals surface area contributed by atoms with Crippen LogP contribution in [0, 0.1) is 22.7 Å². The molecule has 4 heteroatoms. The molecule has 0 radical (unpaired) electrons. The molecule has 4 nitrogen and oxygen atoms in total. The summed E-state index contributed by atoms with van der Waals surface area (Å²) in [5, 5.41) is 19.7. The third kappa shape index (κ3) is 1.42. The van der Waals surface area contributed by atoms with E-state index in [1.54, 1.807) is 12.1 Å². The van der Waals surface area contributed by atoms with Gasteiger partial charge in [-0.25, -0.2) is 0 Å². The first-order chi connectivity index (χ1) is 5.27. The van der Waals surface area contributed by atoms with E-state index in [4.69, 9.17) is 15.3 Å². The van der Waals surface area contributed by atoms with Gasteiger partial charge in [0, 0.05) is 0 Å². The van der Waals surface area contributed by atoms with E-state index in [2.05, 4.69) is 5.32 Å². The predicted octanol–water partition coefficient (Wildman–Crippen LogP) is 0.253. The number of nitrogens with zero attached hydrogens (tertiary/aromatic N) is 2. The van der Waals surface area contributed by atoms with Crippen LogP contribution in [0.15, 0.2) is 11.5 Å². The lowest BCUT2D eigenvalue weighted by Gasteiger charge is -1.96. The molecule has 1 atom stereocenters. The zero-order valence-corrected chi connectivity index (χ0v) is 6.09. The van der Waals surface area contributed by atoms with Crippen molar-refractivity contribution in [3.8, 4) is 12.1 Å². The molecule has 1 heterocycles. The van der Waals surface area contributed by atoms with Gasteiger partial charge in [-0.1, -0.05) is 0 Å². The van der Waals surface area contributed by atoms with Crippen molar-refractivity contribution in [2.45, 2.75) is 13.0 Å². The highest BCUT2D eigenvalue weighted by atomic mass is 16.5. The molecule has 0 aromatic heterocycles. The Morgan fingerprint density at radius 2 is 2.27 bits per heavy atom. The number of nitrogens with one attached hydrogen (secondary N) is 1. The Morgan fingerprint density at radius 3 is 2.64 bits per heavy atom. The van der Waals surface area contributed by atoms with Crippen molar-refractivity contribution in [3.05, 3.63) is 11.5 Å². The minimum absolute atomic E-state index is 0.00866. The van der Waals surface area contributed by atoms with Gasteiger partial charge in [-0.3, -0.25) is 0 Å². The van der Waals surface area contributed by atoms with Crippen molar-refractivity contribution in [3.63, 3.8) is 0 Å². The highest BCUT2D eigenvalue weighted by molar-refractivity contribution is 5.38. The lowest BCUT2D eigenvalue weighted by Crippen LogP contribution is -2.18. The van der Waals surface area contributed by atoms with E-state index in [9.17, 15) is 0 Å². The SMILES string of the molecule is CC1COC(=C(C#N)C#N)N1. The molecular weight excluding hydrogens is 142 g/mol. The summed E-state index contributed by atoms with van der Waals surface area (Å²) in [6.45, 7) is 2.43. The number of allylic oxidation sites excluding steroid dienone is 1. The summed E-state index contributed by atoms with van der Waals surface area (Å²) in [5.74, 6) is 0.308. The highest BCUT2D eigenvalue weighted by Crippen LogP contribution is 2.09. The van der Waals surface area contributed by atoms with Crippen LogP contribution in [-0.4, -0.2) is 12.6 Å². The maximum Gasteiger partial charge on any atom is 0.216 e. The smallest absolute Gasteiger partial charge is 0.216 e. The molecule has 1 aliphatic rings. The third-order valence-electron chi connectivity index (χ3n) is 1.31. The van der Waals surface area contributed by atoms with Crippen LogP contribution in [0.2, 0.25) is 0 Å². The molecular formula is C7H7N3O. The van der Waals surface area contributed by atoms with Gasteiger partial charge in [-0.05, 0) is 6.92 Å². The van der Waals surface area contributed by atoms with Crippen LogP contribution in [0.5, 0.6) is 0 Å². The second kappa shape index (κ2) is 2.94. The van der Waals surface area contributed by atoms with E-state index >= 15 is 0 Å². The summed E-state index contributed by atoms with van der Waals surface area (Å²) < 4.78 is 5.03. The summed E-state index contributed by atoms with van der Waals surface area (Å²) in [5.41, 5.74) is 0.00866. The van der Waals surface area contributed by atoms with Crippen LogP contribution in [0.25, 0.3) is 0 Å². The molecule has 56 valence electrons. The quantitative estimate of drug-likeness (QED) is 0.501. The van der Waals surface area contributed by atoms with Gasteiger partial charge < -0.3 is 10.1 Å². The maximum atomic E-state index is 8.42. The van der Waals surface area contributed by atoms with Gasteiger partial charge in [0.15, 0.2) is 5.57 Å². The largest absolute Gasteiger partial charge is 0.476 e. The molecule has 1 fully saturated rings. The van der Waals surface area contributed by atoms with Crippen molar-refractivity contribution in [2.75, 3.05) is 6.61 Å². The second-order valence-corrected chi connectivity index (χ2v) is 2.28. The lowest BCUT2D eigenvalue weighted by atomic mass is 10.3. The number of rotatable bonds is 0. The summed E-state index contributed by atoms with van der Waals surface area (Å²) >= 11 is 0. The molecule has 1 unspecified atom stereocenters. The van der Waals surface area contributed by atoms with Crippen molar-refractivity contribution in [1.82, 2.24) is 5.32 Å². The van der Waals surface area contributed by atoms with Crippen molar-refractivity contribution in [2.24, 2.45) is 0 Å². The first-order valence-electron chi connectivity index (χ1n) is 3.21. The molecule has 0 aliphatic carbocycles. The molecule has 0 aromatic carbocycles. The van der Waals surface area contributed by atoms with Gasteiger partial charge in [-0.15, -0.1) is 0 Å². The summed E-state index contributed by atoms with van der Waals surface area (Å²) in [4.78, 5) is 0. The molecule has 1 aliphatic heterocycles. The Bertz CT molecular complexity index is 252. The van der Waals surface area contributed by atoms with Crippen LogP contribution >= 0.6 is 0 Å². The minimum atomic E-state index is 0.00866. The fraction of sp³-hybridized carbons (Fsp3) is 0.429. The lowest BCUT2D eigenvalue weighted by molar-refractivity contribution is 0.255. The Labute approximate surface area is 64.7 Å². The van der Waals surface area contributed by atoms with Crippen molar-refractivity contribution < 1.29 is 4.74 Å². The molecule has 1 rings (SSSR count). The maximum absolute atomic E-state index is 8.42. The topological polar surface area (TPSA) is 68.8 Å². The molecule has 11 heavy (non-hydrogen) atoms. The molecule has 0 spiro atoms. The Balaban J connectivity index is 2.83. The van der Waals surface area contributed by atoms with Gasteiger partial charge in [0.2, 0.25) is 5.88 Å². The van der Waals surface area contributed by atoms with Gasteiger partial charge in [-0.2, -0.15) is 10.5 Å². The number of ether oxygens (including phenoxy) is 1. The highest BCUT2D eigenvalue weighted by Gasteiger charge is 2.18. The normalized spacial score (nSPS) is 21.0. The fourth-order valence-corrected chi connectivity index (χ4v) is 0.786. The van der Waals surface area contributed by atoms with Crippen LogP contribution in [0.1, 0.15) is 6.92 Å². The van der Waals surface area contributed by atoms with E-state index in [1.807, 2.05) is 6.92 Å². The molecule has 0 amide bonds. The van der Waals surface area contributed by atoms with Crippen molar-refractivity contribution in [1.29, 1.82) is 10.5 Å². The fourth-order valence-electron chi connectivity index (χ4n) is 0.786. The number of nitriles is 2. The zero-order valence-electron chi connectivity index (χ0n) is 6.09. The van der Waals surface area contributed by atoms with Crippen LogP contribution < -0.4 is 5.32 Å². The van der Waals surface area contributed by atoms with Crippen LogP contribution in [0.4, 0.5) is 0 Å². The van der Waals surface area contributed by atoms with E-state index in [0.717, 1.165) is 0 Å². The molecule has 0 saturated carbocycles. The molecule has 0 bridgehead atoms. The monoisotopic (exact) mass is 149 g/mol. The Morgan fingerprint density at radius 1 is 1.64 bits per heavy atom. The van der Waals surface area contributed by atoms with E-state index < -0.39 is 0 Å². The van der Waals surface area contributed by atoms with Gasteiger partial charge in [0.05, 0.1) is 6.04 Å². The average molecular weight is 149 g/mol. The van der Waals surface area contributed by atoms with E-state index in [0.29, 0.717) is 12.5 Å². The summed E-state index contributed by atoms with van der Waals surface area (Å²) in [6, 6.07) is 3.67. The Kier molecular flexibility index (Phi) is 1.98. The molecule has 1 N–H and O–H groups in total. The minimum Gasteiger partial charge on any atom is -0.476 e. The second-order valence-electron chi connectivity index (χ2n) is 2.28. The first-order valence-corrected chi connectivity index (χ1v) is 3.21. The average Bonchev–Trinajstić information content (AvgIpc) is 2.39. The summed E-state index contributed by atoms with van der Waals surface area (Å²) in [7, 11) is 0. The van der Waals surface area contributed by atoms with E-state index in [1.165, 1.54) is 0 Å². The van der Waals surface area contributed by atoms with Gasteiger partial charge in [0.1, 0.15) is 18.7 Å². The van der Waals surface area contributed by atoms with Crippen LogP contribution in [0.3, 0.4) is 0 Å². The summed E-state index contributed by atoms with van der Waals surface area (Å²) in [6.07, 6.45) is 0. The van der Waals surface area contributed by atoms with E-state index in [-0.39, 0.29) is 11.6 Å². The first kappa shape index (κ1) is 7.43. The van der Waals surface area contributed by atoms with Gasteiger partial charge in [0.25, 0.3) is 0 Å². The predicted molar refractivity (Wildman–Crippen MR) is 36.8 cm³/mol. The van der Waals surface area contributed by atoms with Gasteiger partial charge >= 0.3 is 0 Å². The number of hydrogen-bond donors (Lipinski definition) is 1. The Hall–Kier alpha value is -1.68. The zero-order chi connectivity index (χ0) is 8.27. The molecule has 0 aromatic rings. The standard InChI is InChI=1S/C7H7N3O/c1-5-4-11-7(10-5)6(2-8)3-9/h5,10H,4H2,1H3. The van der Waals surface area contributed by atoms with Crippen molar-refractivity contribution >= 4 is 0 Å². The number of hydrogen-bond acceptors (Lipinski definition) is 4. The third-order valence-corrected chi connectivity index (χ3v) is 1.31. The van der Waals surface area contributed by atoms with Crippen LogP contribution in [-0.2, 0) is 4.74 Å².